The summed E-state index contributed by atoms with van der Waals surface area (Å²) in [7, 11) is 0. The van der Waals surface area contributed by atoms with E-state index in [-0.39, 0.29) is 23.3 Å². The molecule has 3 N–H and O–H groups in total. The summed E-state index contributed by atoms with van der Waals surface area (Å²) in [4.78, 5) is 27.1. The van der Waals surface area contributed by atoms with E-state index >= 15 is 0 Å². The second-order valence-corrected chi connectivity index (χ2v) is 4.41. The van der Waals surface area contributed by atoms with Crippen LogP contribution in [0.3, 0.4) is 0 Å². The summed E-state index contributed by atoms with van der Waals surface area (Å²) >= 11 is 0. The molecule has 0 radical (unpaired) electrons. The van der Waals surface area contributed by atoms with Crippen LogP contribution < -0.4 is 10.6 Å². The molecule has 0 spiro atoms. The fourth-order valence-electron chi connectivity index (χ4n) is 1.45. The van der Waals surface area contributed by atoms with Crippen molar-refractivity contribution in [3.05, 3.63) is 24.0 Å². The maximum atomic E-state index is 11.8. The van der Waals surface area contributed by atoms with Gasteiger partial charge in [-0.05, 0) is 25.8 Å². The zero-order valence-corrected chi connectivity index (χ0v) is 10.0. The molecule has 1 aromatic heterocycles. The van der Waals surface area contributed by atoms with Gasteiger partial charge in [-0.3, -0.25) is 14.6 Å². The van der Waals surface area contributed by atoms with Gasteiger partial charge in [-0.1, -0.05) is 0 Å². The van der Waals surface area contributed by atoms with Gasteiger partial charge in [0.05, 0.1) is 11.8 Å². The number of hydrogen-bond acceptors (Lipinski definition) is 4. The highest BCUT2D eigenvalue weighted by atomic mass is 16.3. The monoisotopic (exact) mass is 249 g/mol. The minimum absolute atomic E-state index is 0.0854. The number of aromatic hydroxyl groups is 1. The molecule has 6 heteroatoms. The van der Waals surface area contributed by atoms with Crippen molar-refractivity contribution in [2.24, 2.45) is 0 Å². The van der Waals surface area contributed by atoms with Crippen molar-refractivity contribution in [2.75, 3.05) is 0 Å². The van der Waals surface area contributed by atoms with Crippen molar-refractivity contribution >= 4 is 11.8 Å². The molecule has 1 heterocycles. The van der Waals surface area contributed by atoms with Gasteiger partial charge in [-0.2, -0.15) is 0 Å². The first-order valence-corrected chi connectivity index (χ1v) is 5.81. The van der Waals surface area contributed by atoms with Crippen LogP contribution in [0.25, 0.3) is 0 Å². The summed E-state index contributed by atoms with van der Waals surface area (Å²) in [5.74, 6) is -0.714. The third-order valence-corrected chi connectivity index (χ3v) is 2.65. The number of nitrogens with one attached hydrogen (secondary N) is 2. The molecule has 1 saturated carbocycles. The third kappa shape index (κ3) is 3.19. The van der Waals surface area contributed by atoms with E-state index in [1.165, 1.54) is 18.5 Å². The molecule has 1 unspecified atom stereocenters. The Kier molecular flexibility index (Phi) is 3.45. The van der Waals surface area contributed by atoms with Crippen LogP contribution in [0.1, 0.15) is 30.1 Å². The number of aromatic nitrogens is 1. The average molecular weight is 249 g/mol. The summed E-state index contributed by atoms with van der Waals surface area (Å²) in [5.41, 5.74) is 0.223. The van der Waals surface area contributed by atoms with E-state index in [0.717, 1.165) is 12.8 Å². The summed E-state index contributed by atoms with van der Waals surface area (Å²) in [6.45, 7) is 1.62. The summed E-state index contributed by atoms with van der Waals surface area (Å²) in [6.07, 6.45) is 4.58. The van der Waals surface area contributed by atoms with Crippen molar-refractivity contribution in [3.63, 3.8) is 0 Å². The van der Waals surface area contributed by atoms with E-state index in [1.807, 2.05) is 0 Å². The number of carbonyl (C=O) groups excluding carboxylic acids is 2. The maximum Gasteiger partial charge on any atom is 0.253 e. The molecule has 1 fully saturated rings. The normalized spacial score (nSPS) is 15.8. The Bertz CT molecular complexity index is 471. The molecule has 0 bridgehead atoms. The van der Waals surface area contributed by atoms with Gasteiger partial charge in [0.2, 0.25) is 5.91 Å². The zero-order chi connectivity index (χ0) is 13.1. The second-order valence-electron chi connectivity index (χ2n) is 4.41. The minimum Gasteiger partial charge on any atom is -0.506 e. The Morgan fingerprint density at radius 1 is 1.44 bits per heavy atom. The predicted molar refractivity (Wildman–Crippen MR) is 64.0 cm³/mol. The molecular weight excluding hydrogens is 234 g/mol. The van der Waals surface area contributed by atoms with Gasteiger partial charge in [-0.15, -0.1) is 0 Å². The molecule has 6 nitrogen and oxygen atoms in total. The Labute approximate surface area is 104 Å². The third-order valence-electron chi connectivity index (χ3n) is 2.65. The molecule has 1 aliphatic rings. The number of carbonyl (C=O) groups is 2. The Morgan fingerprint density at radius 3 is 2.78 bits per heavy atom. The predicted octanol–water partition coefficient (Wildman–Crippen LogP) is 0.184. The fraction of sp³-hybridized carbons (Fsp3) is 0.417. The Morgan fingerprint density at radius 2 is 2.17 bits per heavy atom. The highest BCUT2D eigenvalue weighted by molar-refractivity contribution is 5.97. The number of hydrogen-bond donors (Lipinski definition) is 3. The average Bonchev–Trinajstić information content (AvgIpc) is 3.12. The lowest BCUT2D eigenvalue weighted by molar-refractivity contribution is -0.122. The molecule has 2 rings (SSSR count). The van der Waals surface area contributed by atoms with Crippen molar-refractivity contribution in [2.45, 2.75) is 31.8 Å². The van der Waals surface area contributed by atoms with Crippen molar-refractivity contribution < 1.29 is 14.7 Å². The van der Waals surface area contributed by atoms with Crippen LogP contribution in [0.15, 0.2) is 18.5 Å². The topological polar surface area (TPSA) is 91.3 Å². The lowest BCUT2D eigenvalue weighted by Gasteiger charge is -2.13. The van der Waals surface area contributed by atoms with Crippen molar-refractivity contribution in [1.82, 2.24) is 15.6 Å². The van der Waals surface area contributed by atoms with Crippen LogP contribution in [-0.4, -0.2) is 34.0 Å². The lowest BCUT2D eigenvalue weighted by Crippen LogP contribution is -2.45. The van der Waals surface area contributed by atoms with Crippen LogP contribution in [0, 0.1) is 0 Å². The summed E-state index contributed by atoms with van der Waals surface area (Å²) < 4.78 is 0. The first kappa shape index (κ1) is 12.3. The number of pyridine rings is 1. The molecule has 0 aromatic carbocycles. The number of rotatable bonds is 4. The van der Waals surface area contributed by atoms with E-state index in [4.69, 9.17) is 0 Å². The molecule has 1 aliphatic carbocycles. The maximum absolute atomic E-state index is 11.8. The van der Waals surface area contributed by atoms with Gasteiger partial charge >= 0.3 is 0 Å². The van der Waals surface area contributed by atoms with Gasteiger partial charge in [-0.25, -0.2) is 0 Å². The molecule has 0 aliphatic heterocycles. The SMILES string of the molecule is CC(NC(=O)c1cncc(O)c1)C(=O)NC1CC1. The number of nitrogens with zero attached hydrogens (tertiary/aromatic N) is 1. The van der Waals surface area contributed by atoms with Gasteiger partial charge in [0.1, 0.15) is 11.8 Å². The van der Waals surface area contributed by atoms with Crippen LogP contribution in [0.4, 0.5) is 0 Å². The highest BCUT2D eigenvalue weighted by Crippen LogP contribution is 2.18. The molecule has 96 valence electrons. The van der Waals surface area contributed by atoms with Crippen LogP contribution in [-0.2, 0) is 4.79 Å². The van der Waals surface area contributed by atoms with Gasteiger partial charge in [0.15, 0.2) is 0 Å². The summed E-state index contributed by atoms with van der Waals surface area (Å²) in [6, 6.07) is 0.952. The van der Waals surface area contributed by atoms with E-state index in [0.29, 0.717) is 0 Å². The van der Waals surface area contributed by atoms with Gasteiger partial charge in [0, 0.05) is 12.2 Å². The van der Waals surface area contributed by atoms with Gasteiger partial charge < -0.3 is 15.7 Å². The smallest absolute Gasteiger partial charge is 0.253 e. The standard InChI is InChI=1S/C12H15N3O3/c1-7(11(17)15-9-2-3-9)14-12(18)8-4-10(16)6-13-5-8/h4-7,9,16H,2-3H2,1H3,(H,14,18)(H,15,17). The van der Waals surface area contributed by atoms with Gasteiger partial charge in [0.25, 0.3) is 5.91 Å². The van der Waals surface area contributed by atoms with Crippen LogP contribution in [0.5, 0.6) is 5.75 Å². The van der Waals surface area contributed by atoms with Crippen molar-refractivity contribution in [1.29, 1.82) is 0 Å². The fourth-order valence-corrected chi connectivity index (χ4v) is 1.45. The van der Waals surface area contributed by atoms with Crippen LogP contribution >= 0.6 is 0 Å². The van der Waals surface area contributed by atoms with Crippen molar-refractivity contribution in [3.8, 4) is 5.75 Å². The highest BCUT2D eigenvalue weighted by Gasteiger charge is 2.26. The zero-order valence-electron chi connectivity index (χ0n) is 10.0. The second kappa shape index (κ2) is 5.03. The molecule has 1 atom stereocenters. The molecule has 18 heavy (non-hydrogen) atoms. The summed E-state index contributed by atoms with van der Waals surface area (Å²) in [5, 5.41) is 14.6. The molecule has 2 amide bonds. The first-order valence-electron chi connectivity index (χ1n) is 5.81. The van der Waals surface area contributed by atoms with E-state index in [1.54, 1.807) is 6.92 Å². The van der Waals surface area contributed by atoms with Crippen LogP contribution in [0.2, 0.25) is 0 Å². The molecular formula is C12H15N3O3. The van der Waals surface area contributed by atoms with E-state index < -0.39 is 11.9 Å². The lowest BCUT2D eigenvalue weighted by atomic mass is 10.2. The quantitative estimate of drug-likeness (QED) is 0.710. The molecule has 0 saturated heterocycles. The first-order chi connectivity index (χ1) is 8.56. The molecule has 1 aromatic rings. The Hall–Kier alpha value is -2.11. The van der Waals surface area contributed by atoms with E-state index in [2.05, 4.69) is 15.6 Å². The van der Waals surface area contributed by atoms with E-state index in [9.17, 15) is 14.7 Å². The number of amides is 2. The minimum atomic E-state index is -0.611. The largest absolute Gasteiger partial charge is 0.506 e. The Balaban J connectivity index is 1.91.